The first-order valence-corrected chi connectivity index (χ1v) is 5.14. The molecular formula is C12H17N. The molecule has 1 nitrogen and oxygen atoms in total. The second-order valence-corrected chi connectivity index (χ2v) is 3.81. The van der Waals surface area contributed by atoms with Crippen molar-refractivity contribution < 1.29 is 0 Å². The molecule has 1 aliphatic rings. The van der Waals surface area contributed by atoms with Crippen LogP contribution in [0.15, 0.2) is 17.4 Å². The maximum absolute atomic E-state index is 8.47. The first kappa shape index (κ1) is 10.1. The predicted molar refractivity (Wildman–Crippen MR) is 54.1 cm³/mol. The van der Waals surface area contributed by atoms with E-state index in [1.165, 1.54) is 37.7 Å². The molecule has 0 aromatic rings. The van der Waals surface area contributed by atoms with Crippen LogP contribution in [-0.2, 0) is 0 Å². The molecule has 0 aromatic carbocycles. The third-order valence-corrected chi connectivity index (χ3v) is 2.44. The third-order valence-electron chi connectivity index (χ3n) is 2.44. The van der Waals surface area contributed by atoms with Gasteiger partial charge in [-0.25, -0.2) is 0 Å². The first-order chi connectivity index (χ1) is 6.33. The van der Waals surface area contributed by atoms with Crippen LogP contribution in [0.5, 0.6) is 0 Å². The Morgan fingerprint density at radius 1 is 1.38 bits per heavy atom. The van der Waals surface area contributed by atoms with Gasteiger partial charge in [-0.1, -0.05) is 13.3 Å². The maximum Gasteiger partial charge on any atom is 0.0628 e. The van der Waals surface area contributed by atoms with Gasteiger partial charge in [0.05, 0.1) is 6.07 Å². The minimum atomic E-state index is 0.361. The Morgan fingerprint density at radius 3 is 2.69 bits per heavy atom. The van der Waals surface area contributed by atoms with Crippen molar-refractivity contribution in [2.24, 2.45) is 5.92 Å². The Bertz CT molecular complexity index is 243. The summed E-state index contributed by atoms with van der Waals surface area (Å²) in [6, 6.07) is 2.17. The Hall–Kier alpha value is -0.990. The number of hydrogen-bond acceptors (Lipinski definition) is 1. The molecule has 0 heterocycles. The summed E-state index contributed by atoms with van der Waals surface area (Å²) in [7, 11) is 0. The van der Waals surface area contributed by atoms with Crippen molar-refractivity contribution in [3.63, 3.8) is 0 Å². The van der Waals surface area contributed by atoms with E-state index < -0.39 is 0 Å². The van der Waals surface area contributed by atoms with Crippen molar-refractivity contribution in [3.8, 4) is 6.07 Å². The predicted octanol–water partition coefficient (Wildman–Crippen LogP) is 3.58. The van der Waals surface area contributed by atoms with Crippen LogP contribution in [-0.4, -0.2) is 0 Å². The highest BCUT2D eigenvalue weighted by Crippen LogP contribution is 2.21. The van der Waals surface area contributed by atoms with E-state index in [0.29, 0.717) is 12.3 Å². The van der Waals surface area contributed by atoms with Gasteiger partial charge in [0.15, 0.2) is 0 Å². The van der Waals surface area contributed by atoms with Crippen LogP contribution in [0.1, 0.15) is 45.4 Å². The lowest BCUT2D eigenvalue weighted by Crippen LogP contribution is -1.92. The summed E-state index contributed by atoms with van der Waals surface area (Å²) in [6.45, 7) is 2.07. The lowest BCUT2D eigenvalue weighted by molar-refractivity contribution is 0.599. The second-order valence-electron chi connectivity index (χ2n) is 3.81. The van der Waals surface area contributed by atoms with E-state index >= 15 is 0 Å². The van der Waals surface area contributed by atoms with Gasteiger partial charge in [-0.3, -0.25) is 0 Å². The number of nitrogens with zero attached hydrogens (tertiary/aromatic N) is 1. The zero-order valence-electron chi connectivity index (χ0n) is 8.34. The van der Waals surface area contributed by atoms with Gasteiger partial charge in [-0.15, -0.1) is 5.73 Å². The van der Waals surface area contributed by atoms with E-state index in [-0.39, 0.29) is 0 Å². The monoisotopic (exact) mass is 175 g/mol. The molecule has 1 rings (SSSR count). The van der Waals surface area contributed by atoms with E-state index in [9.17, 15) is 0 Å². The molecule has 0 spiro atoms. The van der Waals surface area contributed by atoms with Crippen LogP contribution in [0.25, 0.3) is 0 Å². The van der Waals surface area contributed by atoms with Gasteiger partial charge in [-0.2, -0.15) is 5.26 Å². The summed E-state index contributed by atoms with van der Waals surface area (Å²) in [6.07, 6.45) is 9.13. The minimum Gasteiger partial charge on any atom is -0.198 e. The van der Waals surface area contributed by atoms with E-state index in [2.05, 4.69) is 24.8 Å². The van der Waals surface area contributed by atoms with Gasteiger partial charge in [0.1, 0.15) is 0 Å². The van der Waals surface area contributed by atoms with Gasteiger partial charge in [-0.05, 0) is 43.3 Å². The number of rotatable bonds is 2. The zero-order chi connectivity index (χ0) is 9.52. The van der Waals surface area contributed by atoms with E-state index in [4.69, 9.17) is 5.26 Å². The first-order valence-electron chi connectivity index (χ1n) is 5.14. The standard InChI is InChI=1S/C12H17N/c1-11(9-10-13)7-8-12-5-3-2-4-6-12/h7,11H,2-6,9H2,1H3. The third kappa shape index (κ3) is 3.97. The summed E-state index contributed by atoms with van der Waals surface area (Å²) in [5.74, 6) is 0.361. The molecule has 1 unspecified atom stereocenters. The fraction of sp³-hybridized carbons (Fsp3) is 0.667. The SMILES string of the molecule is CC(C=C=C1CCCCC1)CC#N. The summed E-state index contributed by atoms with van der Waals surface area (Å²) >= 11 is 0. The van der Waals surface area contributed by atoms with Crippen LogP contribution in [0, 0.1) is 17.2 Å². The molecule has 1 fully saturated rings. The van der Waals surface area contributed by atoms with Crippen molar-refractivity contribution in [2.45, 2.75) is 45.4 Å². The molecule has 0 bridgehead atoms. The summed E-state index contributed by atoms with van der Waals surface area (Å²) in [5.41, 5.74) is 4.80. The van der Waals surface area contributed by atoms with Crippen LogP contribution in [0.3, 0.4) is 0 Å². The normalized spacial score (nSPS) is 18.6. The lowest BCUT2D eigenvalue weighted by Gasteiger charge is -2.10. The Kier molecular flexibility index (Phi) is 4.36. The molecule has 0 aliphatic heterocycles. The average Bonchev–Trinajstić information content (AvgIpc) is 2.17. The van der Waals surface area contributed by atoms with Gasteiger partial charge in [0, 0.05) is 6.42 Å². The molecular weight excluding hydrogens is 158 g/mol. The van der Waals surface area contributed by atoms with Crippen LogP contribution >= 0.6 is 0 Å². The van der Waals surface area contributed by atoms with Gasteiger partial charge >= 0.3 is 0 Å². The molecule has 13 heavy (non-hydrogen) atoms. The highest BCUT2D eigenvalue weighted by molar-refractivity contribution is 5.05. The topological polar surface area (TPSA) is 23.8 Å². The average molecular weight is 175 g/mol. The number of allylic oxidation sites excluding steroid dienone is 1. The maximum atomic E-state index is 8.47. The largest absolute Gasteiger partial charge is 0.198 e. The van der Waals surface area contributed by atoms with E-state index in [1.807, 2.05) is 0 Å². The van der Waals surface area contributed by atoms with Crippen molar-refractivity contribution in [2.75, 3.05) is 0 Å². The molecule has 1 saturated carbocycles. The van der Waals surface area contributed by atoms with Crippen molar-refractivity contribution >= 4 is 0 Å². The second kappa shape index (κ2) is 5.62. The van der Waals surface area contributed by atoms with E-state index in [0.717, 1.165) is 0 Å². The van der Waals surface area contributed by atoms with E-state index in [1.54, 1.807) is 0 Å². The lowest BCUT2D eigenvalue weighted by atomic mass is 9.95. The van der Waals surface area contributed by atoms with Crippen molar-refractivity contribution in [1.82, 2.24) is 0 Å². The molecule has 1 heteroatoms. The van der Waals surface area contributed by atoms with Gasteiger partial charge in [0.2, 0.25) is 0 Å². The summed E-state index contributed by atoms with van der Waals surface area (Å²) in [4.78, 5) is 0. The number of hydrogen-bond donors (Lipinski definition) is 0. The van der Waals surface area contributed by atoms with Crippen molar-refractivity contribution in [3.05, 3.63) is 17.4 Å². The molecule has 0 saturated heterocycles. The Morgan fingerprint density at radius 2 is 2.08 bits per heavy atom. The Balaban J connectivity index is 2.47. The molecule has 0 radical (unpaired) electrons. The van der Waals surface area contributed by atoms with Gasteiger partial charge in [0.25, 0.3) is 0 Å². The van der Waals surface area contributed by atoms with Crippen LogP contribution < -0.4 is 0 Å². The van der Waals surface area contributed by atoms with Gasteiger partial charge < -0.3 is 0 Å². The molecule has 1 aliphatic carbocycles. The quantitative estimate of drug-likeness (QED) is 0.588. The molecule has 1 atom stereocenters. The molecule has 0 amide bonds. The number of nitriles is 1. The summed E-state index contributed by atoms with van der Waals surface area (Å²) < 4.78 is 0. The highest BCUT2D eigenvalue weighted by Gasteiger charge is 2.03. The summed E-state index contributed by atoms with van der Waals surface area (Å²) in [5, 5.41) is 8.47. The fourth-order valence-corrected chi connectivity index (χ4v) is 1.59. The Labute approximate surface area is 80.8 Å². The highest BCUT2D eigenvalue weighted by atomic mass is 14.2. The molecule has 0 N–H and O–H groups in total. The smallest absolute Gasteiger partial charge is 0.0628 e. The van der Waals surface area contributed by atoms with Crippen LogP contribution in [0.2, 0.25) is 0 Å². The molecule has 0 aromatic heterocycles. The minimum absolute atomic E-state index is 0.361. The zero-order valence-corrected chi connectivity index (χ0v) is 8.34. The van der Waals surface area contributed by atoms with Crippen molar-refractivity contribution in [1.29, 1.82) is 5.26 Å². The molecule has 70 valence electrons. The van der Waals surface area contributed by atoms with Crippen LogP contribution in [0.4, 0.5) is 0 Å². The fourth-order valence-electron chi connectivity index (χ4n) is 1.59.